The van der Waals surface area contributed by atoms with Gasteiger partial charge in [0, 0.05) is 11.8 Å². The van der Waals surface area contributed by atoms with Gasteiger partial charge in [-0.1, -0.05) is 29.2 Å². The van der Waals surface area contributed by atoms with Crippen molar-refractivity contribution in [3.8, 4) is 5.75 Å². The zero-order valence-corrected chi connectivity index (χ0v) is 18.2. The van der Waals surface area contributed by atoms with Crippen LogP contribution in [-0.4, -0.2) is 36.5 Å². The number of carbonyl (C=O) groups is 1. The number of rotatable bonds is 6. The van der Waals surface area contributed by atoms with Crippen LogP contribution in [-0.2, 0) is 0 Å². The molecule has 0 fully saturated rings. The topological polar surface area (TPSA) is 79.0 Å². The van der Waals surface area contributed by atoms with Crippen molar-refractivity contribution in [1.29, 1.82) is 0 Å². The van der Waals surface area contributed by atoms with Crippen molar-refractivity contribution < 1.29 is 31.5 Å². The number of nitrogens with one attached hydrogen (secondary N) is 3. The molecule has 2 radical (unpaired) electrons. The van der Waals surface area contributed by atoms with Gasteiger partial charge in [0.05, 0.1) is 22.3 Å². The lowest BCUT2D eigenvalue weighted by atomic mass is 9.96. The number of aromatic nitrogens is 2. The van der Waals surface area contributed by atoms with Crippen molar-refractivity contribution in [1.82, 2.24) is 9.97 Å². The number of benzene rings is 3. The Labute approximate surface area is 200 Å². The number of imidazole rings is 1. The molecule has 1 heterocycles. The number of fused-ring (bicyclic) bond motifs is 1. The molecule has 0 saturated heterocycles. The molecule has 3 aromatic carbocycles. The number of halogens is 6. The van der Waals surface area contributed by atoms with Crippen molar-refractivity contribution in [3.63, 3.8) is 0 Å². The standard InChI is InChI=1S/C22H13BClF5N4O2/c23-10-1-3-11(4-2-10)30-20(34)12-7-15-16(8-17(12)35-9-22(27,28)29)32-21(31-15)33-19-14(26)6-5-13(25)18(19)24/h1-8H,9H2,(H,30,34)(H2,31,32,33). The minimum atomic E-state index is -4.66. The van der Waals surface area contributed by atoms with E-state index < -0.39 is 46.8 Å². The fourth-order valence-corrected chi connectivity index (χ4v) is 3.28. The summed E-state index contributed by atoms with van der Waals surface area (Å²) in [6.45, 7) is -1.65. The smallest absolute Gasteiger partial charge is 0.422 e. The third kappa shape index (κ3) is 5.65. The Bertz CT molecular complexity index is 1410. The van der Waals surface area contributed by atoms with Crippen LogP contribution >= 0.6 is 11.6 Å². The van der Waals surface area contributed by atoms with Gasteiger partial charge in [-0.3, -0.25) is 4.79 Å². The van der Waals surface area contributed by atoms with E-state index in [0.29, 0.717) is 11.2 Å². The Hall–Kier alpha value is -3.80. The summed E-state index contributed by atoms with van der Waals surface area (Å²) in [5.74, 6) is -3.01. The predicted molar refractivity (Wildman–Crippen MR) is 122 cm³/mol. The first-order chi connectivity index (χ1) is 16.5. The molecule has 0 atom stereocenters. The van der Waals surface area contributed by atoms with Gasteiger partial charge < -0.3 is 20.4 Å². The van der Waals surface area contributed by atoms with Crippen LogP contribution in [0, 0.1) is 11.6 Å². The molecule has 0 aliphatic rings. The lowest BCUT2D eigenvalue weighted by Crippen LogP contribution is -2.21. The normalized spacial score (nSPS) is 11.5. The highest BCUT2D eigenvalue weighted by atomic mass is 35.5. The minimum Gasteiger partial charge on any atom is -0.483 e. The summed E-state index contributed by atoms with van der Waals surface area (Å²) in [4.78, 5) is 19.7. The fraction of sp³-hybridized carbons (Fsp3) is 0.0909. The van der Waals surface area contributed by atoms with Gasteiger partial charge in [-0.05, 0) is 30.3 Å². The van der Waals surface area contributed by atoms with E-state index in [1.54, 1.807) is 0 Å². The summed E-state index contributed by atoms with van der Waals surface area (Å²) in [6, 6.07) is 10.1. The van der Waals surface area contributed by atoms with Crippen LogP contribution in [0.1, 0.15) is 10.4 Å². The summed E-state index contributed by atoms with van der Waals surface area (Å²) in [5.41, 5.74) is 0.438. The van der Waals surface area contributed by atoms with Crippen LogP contribution in [0.5, 0.6) is 5.75 Å². The zero-order valence-electron chi connectivity index (χ0n) is 17.4. The van der Waals surface area contributed by atoms with Gasteiger partial charge in [0.1, 0.15) is 30.3 Å². The molecule has 3 N–H and O–H groups in total. The summed E-state index contributed by atoms with van der Waals surface area (Å²) < 4.78 is 71.0. The van der Waals surface area contributed by atoms with E-state index in [2.05, 4.69) is 20.6 Å². The first-order valence-corrected chi connectivity index (χ1v) is 10.2. The van der Waals surface area contributed by atoms with Crippen LogP contribution < -0.4 is 20.8 Å². The Morgan fingerprint density at radius 3 is 2.46 bits per heavy atom. The van der Waals surface area contributed by atoms with Gasteiger partial charge in [0.2, 0.25) is 5.95 Å². The van der Waals surface area contributed by atoms with E-state index in [0.717, 1.165) is 18.2 Å². The maximum Gasteiger partial charge on any atom is 0.422 e. The molecule has 0 unspecified atom stereocenters. The summed E-state index contributed by atoms with van der Waals surface area (Å²) >= 11 is 5.80. The molecule has 0 saturated carbocycles. The first-order valence-electron chi connectivity index (χ1n) is 9.81. The third-order valence-corrected chi connectivity index (χ3v) is 5.04. The molecule has 0 aliphatic heterocycles. The number of hydrogen-bond donors (Lipinski definition) is 3. The van der Waals surface area contributed by atoms with Crippen molar-refractivity contribution >= 4 is 59.2 Å². The molecule has 0 bridgehead atoms. The number of hydrogen-bond acceptors (Lipinski definition) is 4. The third-order valence-electron chi connectivity index (χ3n) is 4.68. The number of nitrogens with zero attached hydrogens (tertiary/aromatic N) is 1. The van der Waals surface area contributed by atoms with E-state index in [1.165, 1.54) is 30.3 Å². The second-order valence-electron chi connectivity index (χ2n) is 7.27. The van der Waals surface area contributed by atoms with Crippen LogP contribution in [0.15, 0.2) is 48.5 Å². The highest BCUT2D eigenvalue weighted by Crippen LogP contribution is 2.32. The average Bonchev–Trinajstić information content (AvgIpc) is 3.19. The molecule has 178 valence electrons. The quantitative estimate of drug-likeness (QED) is 0.190. The van der Waals surface area contributed by atoms with Crippen LogP contribution in [0.25, 0.3) is 11.0 Å². The Morgan fingerprint density at radius 2 is 1.77 bits per heavy atom. The second kappa shape index (κ2) is 9.45. The number of aromatic amines is 1. The highest BCUT2D eigenvalue weighted by Gasteiger charge is 2.29. The summed E-state index contributed by atoms with van der Waals surface area (Å²) in [7, 11) is 5.61. The van der Waals surface area contributed by atoms with Crippen LogP contribution in [0.3, 0.4) is 0 Å². The van der Waals surface area contributed by atoms with Gasteiger partial charge in [-0.2, -0.15) is 13.2 Å². The molecule has 1 aromatic heterocycles. The van der Waals surface area contributed by atoms with Crippen molar-refractivity contribution in [2.75, 3.05) is 17.2 Å². The van der Waals surface area contributed by atoms with E-state index in [-0.39, 0.29) is 22.5 Å². The fourth-order valence-electron chi connectivity index (χ4n) is 3.08. The zero-order chi connectivity index (χ0) is 25.3. The number of H-pyrrole nitrogens is 1. The van der Waals surface area contributed by atoms with Crippen LogP contribution in [0.2, 0.25) is 5.02 Å². The van der Waals surface area contributed by atoms with Gasteiger partial charge in [0.15, 0.2) is 6.61 Å². The molecular formula is C22H13BClF5N4O2. The Morgan fingerprint density at radius 1 is 1.09 bits per heavy atom. The monoisotopic (exact) mass is 506 g/mol. The minimum absolute atomic E-state index is 0.0849. The van der Waals surface area contributed by atoms with Gasteiger partial charge in [0.25, 0.3) is 5.91 Å². The number of amides is 1. The Balaban J connectivity index is 1.70. The molecule has 13 heteroatoms. The molecular weight excluding hydrogens is 494 g/mol. The number of carbonyl (C=O) groups excluding carboxylic acids is 1. The molecule has 4 rings (SSSR count). The molecule has 4 aromatic rings. The maximum absolute atomic E-state index is 14.1. The van der Waals surface area contributed by atoms with E-state index in [1.807, 2.05) is 0 Å². The van der Waals surface area contributed by atoms with E-state index in [9.17, 15) is 26.7 Å². The van der Waals surface area contributed by atoms with Crippen molar-refractivity contribution in [2.24, 2.45) is 0 Å². The number of anilines is 3. The molecule has 35 heavy (non-hydrogen) atoms. The average molecular weight is 507 g/mol. The van der Waals surface area contributed by atoms with Gasteiger partial charge >= 0.3 is 6.18 Å². The molecule has 1 amide bonds. The van der Waals surface area contributed by atoms with E-state index in [4.69, 9.17) is 24.2 Å². The summed E-state index contributed by atoms with van der Waals surface area (Å²) in [5, 5.41) is 4.51. The lowest BCUT2D eigenvalue weighted by molar-refractivity contribution is -0.153. The molecule has 0 aliphatic carbocycles. The van der Waals surface area contributed by atoms with Crippen LogP contribution in [0.4, 0.5) is 39.3 Å². The summed E-state index contributed by atoms with van der Waals surface area (Å²) in [6.07, 6.45) is -4.66. The van der Waals surface area contributed by atoms with E-state index >= 15 is 0 Å². The number of alkyl halides is 3. The van der Waals surface area contributed by atoms with Crippen molar-refractivity contribution in [3.05, 3.63) is 70.8 Å². The van der Waals surface area contributed by atoms with Gasteiger partial charge in [-0.25, -0.2) is 13.8 Å². The largest absolute Gasteiger partial charge is 0.483 e. The maximum atomic E-state index is 14.1. The lowest BCUT2D eigenvalue weighted by Gasteiger charge is -2.13. The molecule has 6 nitrogen and oxygen atoms in total. The highest BCUT2D eigenvalue weighted by molar-refractivity contribution is 6.33. The Kier molecular flexibility index (Phi) is 6.57. The predicted octanol–water partition coefficient (Wildman–Crippen LogP) is 5.23. The second-order valence-corrected chi connectivity index (χ2v) is 7.65. The number of ether oxygens (including phenoxy) is 1. The van der Waals surface area contributed by atoms with Crippen molar-refractivity contribution in [2.45, 2.75) is 6.18 Å². The molecule has 0 spiro atoms. The first kappa shape index (κ1) is 24.3. The SMILES string of the molecule is [B]c1ccc(NC(=O)c2cc3[nH]c(Nc4c(F)ccc(F)c4Cl)nc3cc2OCC(F)(F)F)cc1. The van der Waals surface area contributed by atoms with Gasteiger partial charge in [-0.15, -0.1) is 0 Å².